The number of aryl methyl sites for hydroxylation is 2. The van der Waals surface area contributed by atoms with Crippen LogP contribution in [0.2, 0.25) is 0 Å². The summed E-state index contributed by atoms with van der Waals surface area (Å²) in [5.41, 5.74) is 3.89. The largest absolute Gasteiger partial charge is 0.507 e. The van der Waals surface area contributed by atoms with Gasteiger partial charge in [-0.15, -0.1) is 9.89 Å². The predicted octanol–water partition coefficient (Wildman–Crippen LogP) is 1.55. The summed E-state index contributed by atoms with van der Waals surface area (Å²) in [7, 11) is 0. The van der Waals surface area contributed by atoms with Crippen molar-refractivity contribution >= 4 is 5.91 Å². The van der Waals surface area contributed by atoms with Gasteiger partial charge in [-0.05, 0) is 34.5 Å². The Labute approximate surface area is 132 Å². The van der Waals surface area contributed by atoms with Gasteiger partial charge in [0.05, 0.1) is 5.56 Å². The Hall–Kier alpha value is -3.22. The minimum atomic E-state index is -0.476. The highest BCUT2D eigenvalue weighted by molar-refractivity contribution is 6.02. The van der Waals surface area contributed by atoms with Crippen LogP contribution >= 0.6 is 0 Å². The van der Waals surface area contributed by atoms with Crippen LogP contribution in [0.3, 0.4) is 0 Å². The van der Waals surface area contributed by atoms with Gasteiger partial charge in [0, 0.05) is 6.42 Å². The molecule has 0 saturated carbocycles. The van der Waals surface area contributed by atoms with Crippen molar-refractivity contribution in [2.45, 2.75) is 12.8 Å². The maximum Gasteiger partial charge on any atom is 0.275 e. The molecule has 7 nitrogen and oxygen atoms in total. The van der Waals surface area contributed by atoms with E-state index in [4.69, 9.17) is 0 Å². The molecule has 2 N–H and O–H groups in total. The Morgan fingerprint density at radius 1 is 1.04 bits per heavy atom. The second kappa shape index (κ2) is 6.69. The number of nitrogens with zero attached hydrogens (tertiary/aromatic N) is 4. The summed E-state index contributed by atoms with van der Waals surface area (Å²) in [5.74, 6) is -0.0297. The third-order valence-electron chi connectivity index (χ3n) is 3.37. The third-order valence-corrected chi connectivity index (χ3v) is 3.37. The lowest BCUT2D eigenvalue weighted by molar-refractivity contribution is 0.100. The lowest BCUT2D eigenvalue weighted by Crippen LogP contribution is -2.26. The molecule has 2 aromatic carbocycles. The van der Waals surface area contributed by atoms with E-state index < -0.39 is 5.91 Å². The normalized spacial score (nSPS) is 10.4. The molecule has 0 aliphatic heterocycles. The maximum atomic E-state index is 12.2. The average Bonchev–Trinajstić information content (AvgIpc) is 3.01. The Morgan fingerprint density at radius 2 is 1.78 bits per heavy atom. The first kappa shape index (κ1) is 14.7. The van der Waals surface area contributed by atoms with E-state index in [9.17, 15) is 9.90 Å². The number of tetrazole rings is 1. The second-order valence-electron chi connectivity index (χ2n) is 4.95. The van der Waals surface area contributed by atoms with Crippen molar-refractivity contribution in [1.82, 2.24) is 20.3 Å². The number of hydrogen-bond donors (Lipinski definition) is 2. The number of phenols is 1. The molecule has 7 heteroatoms. The van der Waals surface area contributed by atoms with Crippen LogP contribution in [0.25, 0.3) is 0 Å². The molecule has 0 aliphatic rings. The van der Waals surface area contributed by atoms with E-state index in [1.165, 1.54) is 16.9 Å². The van der Waals surface area contributed by atoms with Gasteiger partial charge >= 0.3 is 0 Å². The van der Waals surface area contributed by atoms with E-state index in [0.717, 1.165) is 12.0 Å². The molecule has 0 saturated heterocycles. The van der Waals surface area contributed by atoms with E-state index in [-0.39, 0.29) is 11.3 Å². The summed E-state index contributed by atoms with van der Waals surface area (Å²) in [4.78, 5) is 13.4. The van der Waals surface area contributed by atoms with E-state index in [1.807, 2.05) is 30.3 Å². The van der Waals surface area contributed by atoms with Gasteiger partial charge < -0.3 is 5.11 Å². The van der Waals surface area contributed by atoms with Crippen LogP contribution in [0, 0.1) is 0 Å². The van der Waals surface area contributed by atoms with Crippen LogP contribution in [-0.4, -0.2) is 31.3 Å². The molecular formula is C16H15N5O2. The highest BCUT2D eigenvalue weighted by atomic mass is 16.3. The summed E-state index contributed by atoms with van der Waals surface area (Å²) >= 11 is 0. The highest BCUT2D eigenvalue weighted by Gasteiger charge is 2.14. The lowest BCUT2D eigenvalue weighted by atomic mass is 10.1. The molecule has 3 rings (SSSR count). The lowest BCUT2D eigenvalue weighted by Gasteiger charge is -2.07. The summed E-state index contributed by atoms with van der Waals surface area (Å²) in [6.07, 6.45) is 1.34. The topological polar surface area (TPSA) is 92.9 Å². The SMILES string of the molecule is O=C(Nn1nnnc1CCc1ccccc1)c1ccccc1O. The molecule has 0 unspecified atom stereocenters. The number of para-hydroxylation sites is 1. The standard InChI is InChI=1S/C16H15N5O2/c22-14-9-5-4-8-13(14)16(23)18-21-15(17-19-20-21)11-10-12-6-2-1-3-7-12/h1-9,22H,10-11H2,(H,18,23). The van der Waals surface area contributed by atoms with Crippen molar-refractivity contribution in [2.75, 3.05) is 5.43 Å². The van der Waals surface area contributed by atoms with Gasteiger partial charge in [-0.25, -0.2) is 5.43 Å². The first-order valence-corrected chi connectivity index (χ1v) is 7.14. The van der Waals surface area contributed by atoms with Crippen LogP contribution in [-0.2, 0) is 12.8 Å². The number of amides is 1. The van der Waals surface area contributed by atoms with Crippen LogP contribution in [0.4, 0.5) is 0 Å². The third kappa shape index (κ3) is 3.52. The number of phenolic OH excluding ortho intramolecular Hbond substituents is 1. The van der Waals surface area contributed by atoms with Crippen LogP contribution in [0.1, 0.15) is 21.7 Å². The molecular weight excluding hydrogens is 294 g/mol. The van der Waals surface area contributed by atoms with Gasteiger partial charge in [-0.2, -0.15) is 0 Å². The Bertz CT molecular complexity index is 801. The second-order valence-corrected chi connectivity index (χ2v) is 4.95. The minimum absolute atomic E-state index is 0.0936. The van der Waals surface area contributed by atoms with Gasteiger partial charge in [0.2, 0.25) is 0 Å². The van der Waals surface area contributed by atoms with Crippen molar-refractivity contribution in [2.24, 2.45) is 0 Å². The van der Waals surface area contributed by atoms with Crippen LogP contribution in [0.15, 0.2) is 54.6 Å². The summed E-state index contributed by atoms with van der Waals surface area (Å²) in [5, 5.41) is 21.0. The zero-order chi connectivity index (χ0) is 16.1. The van der Waals surface area contributed by atoms with Crippen molar-refractivity contribution < 1.29 is 9.90 Å². The predicted molar refractivity (Wildman–Crippen MR) is 83.5 cm³/mol. The fourth-order valence-corrected chi connectivity index (χ4v) is 2.17. The molecule has 0 radical (unpaired) electrons. The van der Waals surface area contributed by atoms with E-state index in [2.05, 4.69) is 21.0 Å². The molecule has 0 fully saturated rings. The van der Waals surface area contributed by atoms with Gasteiger partial charge in [0.25, 0.3) is 5.91 Å². The van der Waals surface area contributed by atoms with Crippen molar-refractivity contribution in [1.29, 1.82) is 0 Å². The molecule has 116 valence electrons. The molecule has 0 spiro atoms. The molecule has 23 heavy (non-hydrogen) atoms. The van der Waals surface area contributed by atoms with Gasteiger partial charge in [0.15, 0.2) is 5.82 Å². The van der Waals surface area contributed by atoms with E-state index in [1.54, 1.807) is 12.1 Å². The van der Waals surface area contributed by atoms with Crippen molar-refractivity contribution in [3.05, 3.63) is 71.5 Å². The molecule has 0 atom stereocenters. The molecule has 1 amide bonds. The number of aromatic nitrogens is 4. The van der Waals surface area contributed by atoms with E-state index in [0.29, 0.717) is 12.2 Å². The number of nitrogens with one attached hydrogen (secondary N) is 1. The van der Waals surface area contributed by atoms with Gasteiger partial charge in [-0.3, -0.25) is 4.79 Å². The number of benzene rings is 2. The maximum absolute atomic E-state index is 12.2. The Morgan fingerprint density at radius 3 is 2.57 bits per heavy atom. The zero-order valence-electron chi connectivity index (χ0n) is 12.3. The summed E-state index contributed by atoms with van der Waals surface area (Å²) in [6, 6.07) is 16.2. The van der Waals surface area contributed by atoms with Gasteiger partial charge in [-0.1, -0.05) is 42.5 Å². The van der Waals surface area contributed by atoms with Crippen LogP contribution in [0.5, 0.6) is 5.75 Å². The monoisotopic (exact) mass is 309 g/mol. The Kier molecular flexibility index (Phi) is 4.28. The van der Waals surface area contributed by atoms with Crippen molar-refractivity contribution in [3.8, 4) is 5.75 Å². The average molecular weight is 309 g/mol. The molecule has 3 aromatic rings. The molecule has 0 aliphatic carbocycles. The smallest absolute Gasteiger partial charge is 0.275 e. The fourth-order valence-electron chi connectivity index (χ4n) is 2.17. The summed E-state index contributed by atoms with van der Waals surface area (Å²) < 4.78 is 0. The first-order chi connectivity index (χ1) is 11.2. The quantitative estimate of drug-likeness (QED) is 0.746. The highest BCUT2D eigenvalue weighted by Crippen LogP contribution is 2.15. The van der Waals surface area contributed by atoms with Crippen LogP contribution < -0.4 is 5.43 Å². The van der Waals surface area contributed by atoms with E-state index >= 15 is 0 Å². The first-order valence-electron chi connectivity index (χ1n) is 7.14. The molecule has 0 bridgehead atoms. The number of aromatic hydroxyl groups is 1. The molecule has 1 heterocycles. The number of hydrogen-bond acceptors (Lipinski definition) is 5. The van der Waals surface area contributed by atoms with Gasteiger partial charge in [0.1, 0.15) is 5.75 Å². The summed E-state index contributed by atoms with van der Waals surface area (Å²) in [6.45, 7) is 0. The number of rotatable bonds is 5. The fraction of sp³-hybridized carbons (Fsp3) is 0.125. The Balaban J connectivity index is 1.69. The zero-order valence-corrected chi connectivity index (χ0v) is 12.3. The minimum Gasteiger partial charge on any atom is -0.507 e. The molecule has 1 aromatic heterocycles. The number of carbonyl (C=O) groups is 1. The van der Waals surface area contributed by atoms with Crippen molar-refractivity contribution in [3.63, 3.8) is 0 Å². The number of carbonyl (C=O) groups excluding carboxylic acids is 1.